The van der Waals surface area contributed by atoms with E-state index in [-0.39, 0.29) is 6.61 Å². The third kappa shape index (κ3) is 2.99. The first-order valence-electron chi connectivity index (χ1n) is 6.38. The average molecular weight is 275 g/mol. The van der Waals surface area contributed by atoms with Crippen molar-refractivity contribution in [3.8, 4) is 11.5 Å². The molecule has 106 valence electrons. The van der Waals surface area contributed by atoms with E-state index in [0.717, 1.165) is 16.6 Å². The van der Waals surface area contributed by atoms with E-state index >= 15 is 0 Å². The minimum absolute atomic E-state index is 0.131. The van der Waals surface area contributed by atoms with Crippen LogP contribution in [-0.2, 0) is 9.53 Å². The van der Waals surface area contributed by atoms with Crippen molar-refractivity contribution in [3.05, 3.63) is 30.0 Å². The van der Waals surface area contributed by atoms with E-state index in [2.05, 4.69) is 9.72 Å². The van der Waals surface area contributed by atoms with E-state index in [9.17, 15) is 4.79 Å². The maximum absolute atomic E-state index is 11.2. The number of carbonyl (C=O) groups is 1. The van der Waals surface area contributed by atoms with E-state index in [0.29, 0.717) is 18.1 Å². The molecule has 0 unspecified atom stereocenters. The predicted octanol–water partition coefficient (Wildman–Crippen LogP) is 2.49. The molecule has 5 heteroatoms. The zero-order valence-corrected chi connectivity index (χ0v) is 11.8. The second-order valence-corrected chi connectivity index (χ2v) is 4.21. The van der Waals surface area contributed by atoms with Gasteiger partial charge in [-0.2, -0.15) is 0 Å². The van der Waals surface area contributed by atoms with Gasteiger partial charge in [0.1, 0.15) is 17.0 Å². The number of methoxy groups -OCH3 is 1. The van der Waals surface area contributed by atoms with Crippen LogP contribution in [0.2, 0.25) is 0 Å². The van der Waals surface area contributed by atoms with Crippen LogP contribution < -0.4 is 9.47 Å². The van der Waals surface area contributed by atoms with Crippen molar-refractivity contribution in [2.24, 2.45) is 0 Å². The quantitative estimate of drug-likeness (QED) is 0.785. The van der Waals surface area contributed by atoms with Gasteiger partial charge in [-0.05, 0) is 26.0 Å². The Morgan fingerprint density at radius 3 is 2.75 bits per heavy atom. The molecule has 0 aliphatic carbocycles. The monoisotopic (exact) mass is 275 g/mol. The largest absolute Gasteiger partial charge is 0.492 e. The fraction of sp³-hybridized carbons (Fsp3) is 0.333. The third-order valence-electron chi connectivity index (χ3n) is 2.77. The number of carbonyl (C=O) groups excluding carboxylic acids is 1. The molecule has 5 nitrogen and oxygen atoms in total. The van der Waals surface area contributed by atoms with Crippen LogP contribution >= 0.6 is 0 Å². The van der Waals surface area contributed by atoms with E-state index < -0.39 is 5.97 Å². The molecule has 0 aliphatic rings. The van der Waals surface area contributed by atoms with E-state index in [1.165, 1.54) is 7.11 Å². The smallest absolute Gasteiger partial charge is 0.343 e. The number of fused-ring (bicyclic) bond motifs is 1. The molecule has 0 N–H and O–H groups in total. The lowest BCUT2D eigenvalue weighted by atomic mass is 10.1. The highest BCUT2D eigenvalue weighted by molar-refractivity contribution is 5.90. The van der Waals surface area contributed by atoms with Crippen LogP contribution in [0.25, 0.3) is 10.9 Å². The summed E-state index contributed by atoms with van der Waals surface area (Å²) in [4.78, 5) is 15.7. The Balaban J connectivity index is 2.43. The molecule has 0 atom stereocenters. The molecule has 0 fully saturated rings. The minimum Gasteiger partial charge on any atom is -0.492 e. The zero-order valence-electron chi connectivity index (χ0n) is 11.8. The number of hydrogen-bond acceptors (Lipinski definition) is 5. The summed E-state index contributed by atoms with van der Waals surface area (Å²) in [5.74, 6) is 0.879. The summed E-state index contributed by atoms with van der Waals surface area (Å²) in [5, 5.41) is 0.811. The summed E-state index contributed by atoms with van der Waals surface area (Å²) in [5.41, 5.74) is 1.53. The van der Waals surface area contributed by atoms with Crippen molar-refractivity contribution in [1.82, 2.24) is 4.98 Å². The maximum atomic E-state index is 11.2. The summed E-state index contributed by atoms with van der Waals surface area (Å²) < 4.78 is 15.7. The number of hydrogen-bond donors (Lipinski definition) is 0. The predicted molar refractivity (Wildman–Crippen MR) is 75.2 cm³/mol. The van der Waals surface area contributed by atoms with Gasteiger partial charge in [0, 0.05) is 17.1 Å². The Morgan fingerprint density at radius 1 is 1.25 bits per heavy atom. The Labute approximate surface area is 117 Å². The van der Waals surface area contributed by atoms with Crippen molar-refractivity contribution in [2.45, 2.75) is 13.8 Å². The highest BCUT2D eigenvalue weighted by Gasteiger charge is 2.11. The van der Waals surface area contributed by atoms with Crippen LogP contribution in [0.15, 0.2) is 24.3 Å². The summed E-state index contributed by atoms with van der Waals surface area (Å²) in [6, 6.07) is 7.41. The van der Waals surface area contributed by atoms with E-state index in [1.807, 2.05) is 32.0 Å². The van der Waals surface area contributed by atoms with Gasteiger partial charge >= 0.3 is 5.97 Å². The molecular weight excluding hydrogens is 258 g/mol. The number of esters is 1. The van der Waals surface area contributed by atoms with Gasteiger partial charge in [-0.1, -0.05) is 6.07 Å². The van der Waals surface area contributed by atoms with E-state index in [1.54, 1.807) is 6.07 Å². The molecule has 0 aliphatic heterocycles. The van der Waals surface area contributed by atoms with Gasteiger partial charge in [-0.25, -0.2) is 9.78 Å². The molecule has 0 radical (unpaired) electrons. The molecular formula is C15H17NO4. The first-order chi connectivity index (χ1) is 9.65. The number of benzene rings is 1. The fourth-order valence-corrected chi connectivity index (χ4v) is 1.90. The standard InChI is InChI=1S/C15H17NO4/c1-4-19-12-7-5-6-11-13(20-9-14(17)18-3)8-10(2)16-15(11)12/h5-8H,4,9H2,1-3H3. The topological polar surface area (TPSA) is 57.7 Å². The van der Waals surface area contributed by atoms with Crippen molar-refractivity contribution >= 4 is 16.9 Å². The van der Waals surface area contributed by atoms with Gasteiger partial charge in [-0.15, -0.1) is 0 Å². The molecule has 0 saturated carbocycles. The summed E-state index contributed by atoms with van der Waals surface area (Å²) in [7, 11) is 1.33. The normalized spacial score (nSPS) is 10.3. The zero-order chi connectivity index (χ0) is 14.5. The molecule has 2 aromatic rings. The molecule has 0 saturated heterocycles. The number of rotatable bonds is 5. The van der Waals surface area contributed by atoms with Crippen molar-refractivity contribution in [1.29, 1.82) is 0 Å². The summed E-state index contributed by atoms with van der Waals surface area (Å²) >= 11 is 0. The number of nitrogens with zero attached hydrogens (tertiary/aromatic N) is 1. The van der Waals surface area contributed by atoms with Crippen molar-refractivity contribution in [2.75, 3.05) is 20.3 Å². The van der Waals surface area contributed by atoms with Crippen LogP contribution in [0.4, 0.5) is 0 Å². The number of ether oxygens (including phenoxy) is 3. The maximum Gasteiger partial charge on any atom is 0.343 e. The summed E-state index contributed by atoms with van der Waals surface area (Å²) in [6.07, 6.45) is 0. The van der Waals surface area contributed by atoms with Crippen LogP contribution in [0.5, 0.6) is 11.5 Å². The van der Waals surface area contributed by atoms with E-state index in [4.69, 9.17) is 9.47 Å². The third-order valence-corrected chi connectivity index (χ3v) is 2.77. The SMILES string of the molecule is CCOc1cccc2c(OCC(=O)OC)cc(C)nc12. The van der Waals surface area contributed by atoms with Crippen LogP contribution in [0.3, 0.4) is 0 Å². The highest BCUT2D eigenvalue weighted by atomic mass is 16.6. The molecule has 1 aromatic carbocycles. The second-order valence-electron chi connectivity index (χ2n) is 4.21. The van der Waals surface area contributed by atoms with Crippen molar-refractivity contribution in [3.63, 3.8) is 0 Å². The first kappa shape index (κ1) is 14.1. The average Bonchev–Trinajstić information content (AvgIpc) is 2.45. The molecule has 20 heavy (non-hydrogen) atoms. The lowest BCUT2D eigenvalue weighted by Gasteiger charge is -2.12. The Bertz CT molecular complexity index is 625. The van der Waals surface area contributed by atoms with Crippen LogP contribution in [-0.4, -0.2) is 31.3 Å². The molecule has 0 spiro atoms. The number of aromatic nitrogens is 1. The Kier molecular flexibility index (Phi) is 4.40. The van der Waals surface area contributed by atoms with Gasteiger partial charge in [-0.3, -0.25) is 0 Å². The molecule has 1 aromatic heterocycles. The molecule has 0 amide bonds. The number of para-hydroxylation sites is 1. The number of pyridine rings is 1. The highest BCUT2D eigenvalue weighted by Crippen LogP contribution is 2.31. The van der Waals surface area contributed by atoms with Gasteiger partial charge in [0.25, 0.3) is 0 Å². The van der Waals surface area contributed by atoms with Gasteiger partial charge in [0.05, 0.1) is 13.7 Å². The Morgan fingerprint density at radius 2 is 2.05 bits per heavy atom. The molecule has 1 heterocycles. The van der Waals surface area contributed by atoms with Gasteiger partial charge < -0.3 is 14.2 Å². The molecule has 0 bridgehead atoms. The minimum atomic E-state index is -0.423. The fourth-order valence-electron chi connectivity index (χ4n) is 1.90. The number of aryl methyl sites for hydroxylation is 1. The van der Waals surface area contributed by atoms with Crippen LogP contribution in [0, 0.1) is 6.92 Å². The van der Waals surface area contributed by atoms with Gasteiger partial charge in [0.15, 0.2) is 6.61 Å². The molecule has 2 rings (SSSR count). The van der Waals surface area contributed by atoms with Crippen molar-refractivity contribution < 1.29 is 19.0 Å². The lowest BCUT2D eigenvalue weighted by Crippen LogP contribution is -2.13. The Hall–Kier alpha value is -2.30. The first-order valence-corrected chi connectivity index (χ1v) is 6.38. The van der Waals surface area contributed by atoms with Gasteiger partial charge in [0.2, 0.25) is 0 Å². The summed E-state index contributed by atoms with van der Waals surface area (Å²) in [6.45, 7) is 4.22. The second kappa shape index (κ2) is 6.23. The van der Waals surface area contributed by atoms with Crippen LogP contribution in [0.1, 0.15) is 12.6 Å². The lowest BCUT2D eigenvalue weighted by molar-refractivity contribution is -0.142.